The molecular weight excluding hydrogens is 221 g/mol. The van der Waals surface area contributed by atoms with Crippen molar-refractivity contribution in [3.05, 3.63) is 36.2 Å². The molecule has 0 spiro atoms. The second-order valence-electron chi connectivity index (χ2n) is 3.08. The van der Waals surface area contributed by atoms with E-state index in [1.165, 1.54) is 13.0 Å². The number of rotatable bonds is 2. The van der Waals surface area contributed by atoms with E-state index in [1.54, 1.807) is 0 Å². The van der Waals surface area contributed by atoms with Gasteiger partial charge in [0, 0.05) is 0 Å². The van der Waals surface area contributed by atoms with E-state index in [0.717, 1.165) is 12.3 Å². The van der Waals surface area contributed by atoms with Gasteiger partial charge >= 0.3 is 6.18 Å². The van der Waals surface area contributed by atoms with Gasteiger partial charge in [-0.05, 0) is 24.6 Å². The maximum absolute atomic E-state index is 12.3. The van der Waals surface area contributed by atoms with Crippen LogP contribution in [0.3, 0.4) is 0 Å². The van der Waals surface area contributed by atoms with Gasteiger partial charge in [0.2, 0.25) is 5.91 Å². The number of carbonyl (C=O) groups is 1. The molecule has 1 rings (SSSR count). The first-order valence-electron chi connectivity index (χ1n) is 4.32. The molecular formula is C10H9F3N2O. The van der Waals surface area contributed by atoms with E-state index < -0.39 is 17.8 Å². The number of nitrogens with zero attached hydrogens (tertiary/aromatic N) is 1. The van der Waals surface area contributed by atoms with Crippen LogP contribution in [0.5, 0.6) is 0 Å². The van der Waals surface area contributed by atoms with Crippen molar-refractivity contribution in [2.45, 2.75) is 13.1 Å². The lowest BCUT2D eigenvalue weighted by molar-refractivity contribution is -0.141. The van der Waals surface area contributed by atoms with E-state index in [9.17, 15) is 18.0 Å². The highest BCUT2D eigenvalue weighted by atomic mass is 19.4. The molecule has 0 atom stereocenters. The minimum absolute atomic E-state index is 0.0469. The fourth-order valence-electron chi connectivity index (χ4n) is 1.13. The van der Waals surface area contributed by atoms with E-state index in [2.05, 4.69) is 16.9 Å². The number of carbonyl (C=O) groups excluding carboxylic acids is 1. The van der Waals surface area contributed by atoms with Crippen LogP contribution in [0.25, 0.3) is 0 Å². The number of anilines is 1. The van der Waals surface area contributed by atoms with Crippen LogP contribution in [-0.2, 0) is 11.0 Å². The molecule has 1 amide bonds. The van der Waals surface area contributed by atoms with Crippen molar-refractivity contribution < 1.29 is 18.0 Å². The largest absolute Gasteiger partial charge is 0.433 e. The number of nitrogens with one attached hydrogen (secondary N) is 1. The fraction of sp³-hybridized carbons (Fsp3) is 0.200. The molecule has 86 valence electrons. The first kappa shape index (κ1) is 12.2. The van der Waals surface area contributed by atoms with Gasteiger partial charge < -0.3 is 5.32 Å². The zero-order chi connectivity index (χ0) is 12.3. The summed E-state index contributed by atoms with van der Waals surface area (Å²) >= 11 is 0. The standard InChI is InChI=1S/C10H9F3N2O/c1-3-8(16)15-7-4-6(2)9(14-5-7)10(11,12)13/h3-5H,1H2,2H3,(H,15,16). The zero-order valence-electron chi connectivity index (χ0n) is 8.43. The van der Waals surface area contributed by atoms with Gasteiger partial charge in [-0.1, -0.05) is 6.58 Å². The molecule has 1 heterocycles. The molecule has 0 saturated carbocycles. The molecule has 0 aliphatic heterocycles. The molecule has 6 heteroatoms. The Balaban J connectivity index is 3.00. The van der Waals surface area contributed by atoms with Crippen LogP contribution in [0, 0.1) is 6.92 Å². The Hall–Kier alpha value is -1.85. The number of hydrogen-bond donors (Lipinski definition) is 1. The highest BCUT2D eigenvalue weighted by Crippen LogP contribution is 2.30. The van der Waals surface area contributed by atoms with E-state index in [4.69, 9.17) is 0 Å². The van der Waals surface area contributed by atoms with Crippen LogP contribution in [0.1, 0.15) is 11.3 Å². The quantitative estimate of drug-likeness (QED) is 0.793. The predicted octanol–water partition coefficient (Wildman–Crippen LogP) is 2.53. The van der Waals surface area contributed by atoms with Gasteiger partial charge in [0.15, 0.2) is 0 Å². The Labute approximate surface area is 90.0 Å². The van der Waals surface area contributed by atoms with Crippen LogP contribution in [0.2, 0.25) is 0 Å². The summed E-state index contributed by atoms with van der Waals surface area (Å²) in [5, 5.41) is 2.32. The Kier molecular flexibility index (Phi) is 3.31. The maximum Gasteiger partial charge on any atom is 0.433 e. The van der Waals surface area contributed by atoms with Gasteiger partial charge in [0.25, 0.3) is 0 Å². The van der Waals surface area contributed by atoms with Crippen molar-refractivity contribution in [2.75, 3.05) is 5.32 Å². The van der Waals surface area contributed by atoms with Crippen molar-refractivity contribution in [3.8, 4) is 0 Å². The number of hydrogen-bond acceptors (Lipinski definition) is 2. The molecule has 1 N–H and O–H groups in total. The van der Waals surface area contributed by atoms with Gasteiger partial charge in [0.1, 0.15) is 5.69 Å². The van der Waals surface area contributed by atoms with Crippen molar-refractivity contribution in [2.24, 2.45) is 0 Å². The number of aromatic nitrogens is 1. The van der Waals surface area contributed by atoms with Crippen molar-refractivity contribution in [3.63, 3.8) is 0 Å². The van der Waals surface area contributed by atoms with E-state index in [-0.39, 0.29) is 11.3 Å². The third-order valence-electron chi connectivity index (χ3n) is 1.80. The monoisotopic (exact) mass is 230 g/mol. The second kappa shape index (κ2) is 4.34. The lowest BCUT2D eigenvalue weighted by Gasteiger charge is -2.10. The third-order valence-corrected chi connectivity index (χ3v) is 1.80. The summed E-state index contributed by atoms with van der Waals surface area (Å²) < 4.78 is 37.0. The summed E-state index contributed by atoms with van der Waals surface area (Å²) in [6.07, 6.45) is -2.50. The molecule has 0 radical (unpaired) electrons. The summed E-state index contributed by atoms with van der Waals surface area (Å²) in [6.45, 7) is 4.50. The van der Waals surface area contributed by atoms with E-state index in [0.29, 0.717) is 0 Å². The molecule has 1 aromatic rings. The molecule has 3 nitrogen and oxygen atoms in total. The first-order chi connectivity index (χ1) is 7.34. The Morgan fingerprint density at radius 3 is 2.62 bits per heavy atom. The molecule has 0 unspecified atom stereocenters. The first-order valence-corrected chi connectivity index (χ1v) is 4.32. The number of amides is 1. The minimum Gasteiger partial charge on any atom is -0.321 e. The number of halogens is 3. The molecule has 0 aromatic carbocycles. The van der Waals surface area contributed by atoms with Gasteiger partial charge in [-0.2, -0.15) is 13.2 Å². The van der Waals surface area contributed by atoms with Crippen LogP contribution in [-0.4, -0.2) is 10.9 Å². The molecule has 0 saturated heterocycles. The summed E-state index contributed by atoms with van der Waals surface area (Å²) in [5.41, 5.74) is -0.797. The van der Waals surface area contributed by atoms with Crippen molar-refractivity contribution >= 4 is 11.6 Å². The van der Waals surface area contributed by atoms with Crippen molar-refractivity contribution in [1.82, 2.24) is 4.98 Å². The normalized spacial score (nSPS) is 11.0. The molecule has 0 aliphatic rings. The third kappa shape index (κ3) is 2.82. The summed E-state index contributed by atoms with van der Waals surface area (Å²) in [4.78, 5) is 14.2. The van der Waals surface area contributed by atoms with Gasteiger partial charge in [-0.25, -0.2) is 4.98 Å². The van der Waals surface area contributed by atoms with Gasteiger partial charge in [-0.3, -0.25) is 4.79 Å². The highest BCUT2D eigenvalue weighted by Gasteiger charge is 2.34. The van der Waals surface area contributed by atoms with Crippen LogP contribution >= 0.6 is 0 Å². The highest BCUT2D eigenvalue weighted by molar-refractivity contribution is 5.98. The molecule has 0 fully saturated rings. The van der Waals surface area contributed by atoms with Crippen LogP contribution < -0.4 is 5.32 Å². The summed E-state index contributed by atoms with van der Waals surface area (Å²) in [7, 11) is 0. The predicted molar refractivity (Wildman–Crippen MR) is 52.8 cm³/mol. The topological polar surface area (TPSA) is 42.0 Å². The molecule has 1 aromatic heterocycles. The second-order valence-corrected chi connectivity index (χ2v) is 3.08. The smallest absolute Gasteiger partial charge is 0.321 e. The van der Waals surface area contributed by atoms with E-state index >= 15 is 0 Å². The summed E-state index contributed by atoms with van der Waals surface area (Å²) in [6, 6.07) is 1.21. The lowest BCUT2D eigenvalue weighted by Crippen LogP contribution is -2.12. The fourth-order valence-corrected chi connectivity index (χ4v) is 1.13. The molecule has 0 bridgehead atoms. The summed E-state index contributed by atoms with van der Waals surface area (Å²) in [5.74, 6) is -0.499. The Bertz CT molecular complexity index is 427. The maximum atomic E-state index is 12.3. The SMILES string of the molecule is C=CC(=O)Nc1cnc(C(F)(F)F)c(C)c1. The van der Waals surface area contributed by atoms with Gasteiger partial charge in [0.05, 0.1) is 11.9 Å². The number of pyridine rings is 1. The number of aryl methyl sites for hydroxylation is 1. The Morgan fingerprint density at radius 2 is 2.19 bits per heavy atom. The lowest BCUT2D eigenvalue weighted by atomic mass is 10.2. The number of alkyl halides is 3. The molecule has 16 heavy (non-hydrogen) atoms. The van der Waals surface area contributed by atoms with Crippen LogP contribution in [0.15, 0.2) is 24.9 Å². The van der Waals surface area contributed by atoms with Gasteiger partial charge in [-0.15, -0.1) is 0 Å². The zero-order valence-corrected chi connectivity index (χ0v) is 8.43. The van der Waals surface area contributed by atoms with Crippen LogP contribution in [0.4, 0.5) is 18.9 Å². The average Bonchev–Trinajstić information content (AvgIpc) is 2.15. The minimum atomic E-state index is -4.48. The average molecular weight is 230 g/mol. The van der Waals surface area contributed by atoms with Crippen molar-refractivity contribution in [1.29, 1.82) is 0 Å². The Morgan fingerprint density at radius 1 is 1.56 bits per heavy atom. The molecule has 0 aliphatic carbocycles. The van der Waals surface area contributed by atoms with E-state index in [1.807, 2.05) is 0 Å².